The number of piperazine rings is 1. The number of aromatic nitrogens is 2. The molecule has 1 aromatic carbocycles. The Hall–Kier alpha value is -2.68. The van der Waals surface area contributed by atoms with Crippen molar-refractivity contribution in [2.45, 2.75) is 19.5 Å². The number of amides is 1. The fourth-order valence-corrected chi connectivity index (χ4v) is 3.46. The van der Waals surface area contributed by atoms with E-state index in [-0.39, 0.29) is 18.3 Å². The van der Waals surface area contributed by atoms with Crippen molar-refractivity contribution in [1.82, 2.24) is 24.7 Å². The van der Waals surface area contributed by atoms with Gasteiger partial charge < -0.3 is 15.1 Å². The van der Waals surface area contributed by atoms with Gasteiger partial charge in [-0.15, -0.1) is 0 Å². The molecule has 156 valence electrons. The molecule has 0 bridgehead atoms. The van der Waals surface area contributed by atoms with Gasteiger partial charge in [0.2, 0.25) is 5.91 Å². The molecule has 1 aliphatic heterocycles. The summed E-state index contributed by atoms with van der Waals surface area (Å²) in [7, 11) is 1.64. The van der Waals surface area contributed by atoms with Crippen LogP contribution in [0.3, 0.4) is 0 Å². The third kappa shape index (κ3) is 5.44. The molecule has 0 unspecified atom stereocenters. The van der Waals surface area contributed by atoms with E-state index in [0.717, 1.165) is 10.1 Å². The Morgan fingerprint density at radius 2 is 2.00 bits per heavy atom. The van der Waals surface area contributed by atoms with Crippen molar-refractivity contribution in [3.8, 4) is 0 Å². The summed E-state index contributed by atoms with van der Waals surface area (Å²) in [4.78, 5) is 24.5. The molecule has 3 rings (SSSR count). The molecule has 0 radical (unpaired) electrons. The second-order valence-corrected chi connectivity index (χ2v) is 7.04. The van der Waals surface area contributed by atoms with Gasteiger partial charge in [-0.25, -0.2) is 4.98 Å². The van der Waals surface area contributed by atoms with E-state index in [1.165, 1.54) is 12.4 Å². The molecule has 2 aromatic rings. The number of halogens is 3. The number of aliphatic imine (C=N–C) groups is 1. The second kappa shape index (κ2) is 9.69. The summed E-state index contributed by atoms with van der Waals surface area (Å²) in [5.41, 5.74) is 0.886. The molecule has 1 aliphatic rings. The van der Waals surface area contributed by atoms with E-state index in [1.54, 1.807) is 19.2 Å². The predicted octanol–water partition coefficient (Wildman–Crippen LogP) is 2.39. The number of hydrogen-bond donors (Lipinski definition) is 1. The molecule has 1 fully saturated rings. The lowest BCUT2D eigenvalue weighted by atomic mass is 10.1. The van der Waals surface area contributed by atoms with E-state index in [9.17, 15) is 13.6 Å². The van der Waals surface area contributed by atoms with Crippen LogP contribution in [-0.4, -0.2) is 64.4 Å². The minimum atomic E-state index is -2.63. The number of benzene rings is 1. The Balaban J connectivity index is 1.50. The van der Waals surface area contributed by atoms with Gasteiger partial charge >= 0.3 is 6.55 Å². The van der Waals surface area contributed by atoms with Crippen molar-refractivity contribution in [3.05, 3.63) is 53.1 Å². The number of carbonyl (C=O) groups excluding carboxylic acids is 1. The molecule has 0 saturated carbocycles. The summed E-state index contributed by atoms with van der Waals surface area (Å²) in [6.45, 7) is -0.172. The topological polar surface area (TPSA) is 65.8 Å². The smallest absolute Gasteiger partial charge is 0.319 e. The summed E-state index contributed by atoms with van der Waals surface area (Å²) >= 11 is 5.98. The molecule has 0 atom stereocenters. The van der Waals surface area contributed by atoms with Crippen molar-refractivity contribution >= 4 is 23.5 Å². The number of rotatable bonds is 5. The van der Waals surface area contributed by atoms with Gasteiger partial charge in [-0.3, -0.25) is 14.4 Å². The Morgan fingerprint density at radius 1 is 1.28 bits per heavy atom. The lowest BCUT2D eigenvalue weighted by Gasteiger charge is -2.36. The number of nitrogens with one attached hydrogen (secondary N) is 1. The number of guanidine groups is 1. The standard InChI is InChI=1S/C19H23ClF2N6O/c1-23-19(25-13-16-24-5-6-28(16)18(21)22)27-9-7-26(8-10-27)17(29)12-14-3-2-4-15(20)11-14/h2-6,11,18H,7-10,12-13H2,1H3,(H,23,25). The molecule has 29 heavy (non-hydrogen) atoms. The molecule has 0 aliphatic carbocycles. The van der Waals surface area contributed by atoms with E-state index in [0.29, 0.717) is 43.6 Å². The van der Waals surface area contributed by atoms with Crippen LogP contribution in [0.25, 0.3) is 0 Å². The van der Waals surface area contributed by atoms with Crippen molar-refractivity contribution in [3.63, 3.8) is 0 Å². The summed E-state index contributed by atoms with van der Waals surface area (Å²) in [5.74, 6) is 0.876. The zero-order chi connectivity index (χ0) is 20.8. The van der Waals surface area contributed by atoms with Crippen LogP contribution in [0.5, 0.6) is 0 Å². The van der Waals surface area contributed by atoms with Gasteiger partial charge in [-0.2, -0.15) is 8.78 Å². The number of carbonyl (C=O) groups is 1. The Bertz CT molecular complexity index is 864. The fraction of sp³-hybridized carbons (Fsp3) is 0.421. The first-order valence-electron chi connectivity index (χ1n) is 9.25. The maximum Gasteiger partial charge on any atom is 0.319 e. The SMILES string of the molecule is CN=C(NCc1nccn1C(F)F)N1CCN(C(=O)Cc2cccc(Cl)c2)CC1. The molecule has 0 spiro atoms. The molecular formula is C19H23ClF2N6O. The largest absolute Gasteiger partial charge is 0.349 e. The summed E-state index contributed by atoms with van der Waals surface area (Å²) in [6, 6.07) is 7.29. The molecule has 10 heteroatoms. The highest BCUT2D eigenvalue weighted by molar-refractivity contribution is 6.30. The maximum absolute atomic E-state index is 12.9. The van der Waals surface area contributed by atoms with Crippen LogP contribution in [0, 0.1) is 0 Å². The third-order valence-electron chi connectivity index (χ3n) is 4.75. The Kier molecular flexibility index (Phi) is 7.03. The molecule has 1 N–H and O–H groups in total. The monoisotopic (exact) mass is 424 g/mol. The molecule has 2 heterocycles. The van der Waals surface area contributed by atoms with E-state index < -0.39 is 6.55 Å². The van der Waals surface area contributed by atoms with Gasteiger partial charge in [0.05, 0.1) is 13.0 Å². The van der Waals surface area contributed by atoms with Crippen LogP contribution in [0.1, 0.15) is 17.9 Å². The van der Waals surface area contributed by atoms with E-state index in [1.807, 2.05) is 21.9 Å². The van der Waals surface area contributed by atoms with Crippen LogP contribution in [-0.2, 0) is 17.8 Å². The first-order chi connectivity index (χ1) is 14.0. The van der Waals surface area contributed by atoms with Crippen LogP contribution >= 0.6 is 11.6 Å². The minimum Gasteiger partial charge on any atom is -0.349 e. The lowest BCUT2D eigenvalue weighted by Crippen LogP contribution is -2.54. The zero-order valence-corrected chi connectivity index (χ0v) is 16.8. The Morgan fingerprint density at radius 3 is 2.66 bits per heavy atom. The summed E-state index contributed by atoms with van der Waals surface area (Å²) in [6.07, 6.45) is 2.90. The summed E-state index contributed by atoms with van der Waals surface area (Å²) in [5, 5.41) is 3.68. The van der Waals surface area contributed by atoms with E-state index in [4.69, 9.17) is 11.6 Å². The zero-order valence-electron chi connectivity index (χ0n) is 16.1. The highest BCUT2D eigenvalue weighted by Crippen LogP contribution is 2.14. The van der Waals surface area contributed by atoms with Gasteiger partial charge in [-0.05, 0) is 17.7 Å². The van der Waals surface area contributed by atoms with Crippen molar-refractivity contribution in [1.29, 1.82) is 0 Å². The fourth-order valence-electron chi connectivity index (χ4n) is 3.25. The molecule has 1 amide bonds. The lowest BCUT2D eigenvalue weighted by molar-refractivity contribution is -0.131. The maximum atomic E-state index is 12.9. The van der Waals surface area contributed by atoms with E-state index in [2.05, 4.69) is 15.3 Å². The number of alkyl halides is 2. The Labute approximate surface area is 173 Å². The number of imidazole rings is 1. The van der Waals surface area contributed by atoms with Gasteiger partial charge in [0.25, 0.3) is 0 Å². The van der Waals surface area contributed by atoms with Crippen LogP contribution in [0.15, 0.2) is 41.7 Å². The van der Waals surface area contributed by atoms with Crippen LogP contribution < -0.4 is 5.32 Å². The first-order valence-corrected chi connectivity index (χ1v) is 9.63. The molecule has 7 nitrogen and oxygen atoms in total. The number of nitrogens with zero attached hydrogens (tertiary/aromatic N) is 5. The van der Waals surface area contributed by atoms with Crippen LogP contribution in [0.4, 0.5) is 8.78 Å². The highest BCUT2D eigenvalue weighted by Gasteiger charge is 2.23. The van der Waals surface area contributed by atoms with Crippen molar-refractivity contribution < 1.29 is 13.6 Å². The van der Waals surface area contributed by atoms with Gasteiger partial charge in [0.1, 0.15) is 5.82 Å². The number of hydrogen-bond acceptors (Lipinski definition) is 3. The third-order valence-corrected chi connectivity index (χ3v) is 4.99. The average Bonchev–Trinajstić information content (AvgIpc) is 3.18. The second-order valence-electron chi connectivity index (χ2n) is 6.60. The highest BCUT2D eigenvalue weighted by atomic mass is 35.5. The van der Waals surface area contributed by atoms with Crippen LogP contribution in [0.2, 0.25) is 5.02 Å². The first kappa shape index (κ1) is 21.0. The summed E-state index contributed by atoms with van der Waals surface area (Å²) < 4.78 is 26.7. The van der Waals surface area contributed by atoms with Gasteiger partial charge in [0.15, 0.2) is 5.96 Å². The van der Waals surface area contributed by atoms with Gasteiger partial charge in [-0.1, -0.05) is 23.7 Å². The normalized spacial score (nSPS) is 15.1. The minimum absolute atomic E-state index is 0.0498. The predicted molar refractivity (Wildman–Crippen MR) is 107 cm³/mol. The van der Waals surface area contributed by atoms with E-state index >= 15 is 0 Å². The molecular weight excluding hydrogens is 402 g/mol. The van der Waals surface area contributed by atoms with Crippen molar-refractivity contribution in [2.75, 3.05) is 33.2 Å². The molecule has 1 aromatic heterocycles. The quantitative estimate of drug-likeness (QED) is 0.591. The average molecular weight is 425 g/mol. The molecule has 1 saturated heterocycles. The van der Waals surface area contributed by atoms with Crippen molar-refractivity contribution in [2.24, 2.45) is 4.99 Å². The van der Waals surface area contributed by atoms with Gasteiger partial charge in [0, 0.05) is 50.6 Å².